The summed E-state index contributed by atoms with van der Waals surface area (Å²) in [6, 6.07) is 0. The Labute approximate surface area is 94.8 Å². The van der Waals surface area contributed by atoms with E-state index in [0.717, 1.165) is 6.42 Å². The van der Waals surface area contributed by atoms with Crippen LogP contribution in [0, 0.1) is 5.92 Å². The second kappa shape index (κ2) is 6.13. The van der Waals surface area contributed by atoms with Crippen LogP contribution in [-0.4, -0.2) is 24.9 Å². The minimum atomic E-state index is -2.98. The molecule has 1 rings (SSSR count). The molecule has 3 nitrogen and oxygen atoms in total. The average Bonchev–Trinajstić information content (AvgIpc) is 2.76. The molecule has 16 heavy (non-hydrogen) atoms. The SMILES string of the molecule is NCC(F)(F)CNC(=O)CCC1CCCC1. The van der Waals surface area contributed by atoms with Crippen molar-refractivity contribution in [1.29, 1.82) is 0 Å². The van der Waals surface area contributed by atoms with Gasteiger partial charge in [-0.15, -0.1) is 0 Å². The van der Waals surface area contributed by atoms with Gasteiger partial charge in [0.15, 0.2) is 0 Å². The molecular weight excluding hydrogens is 214 g/mol. The summed E-state index contributed by atoms with van der Waals surface area (Å²) in [7, 11) is 0. The molecule has 0 bridgehead atoms. The van der Waals surface area contributed by atoms with Gasteiger partial charge < -0.3 is 11.1 Å². The zero-order valence-electron chi connectivity index (χ0n) is 9.48. The van der Waals surface area contributed by atoms with Gasteiger partial charge in [-0.1, -0.05) is 25.7 Å². The summed E-state index contributed by atoms with van der Waals surface area (Å²) in [4.78, 5) is 11.3. The number of amides is 1. The maximum absolute atomic E-state index is 12.7. The number of hydrogen-bond donors (Lipinski definition) is 2. The van der Waals surface area contributed by atoms with Crippen LogP contribution in [0.3, 0.4) is 0 Å². The van der Waals surface area contributed by atoms with Crippen molar-refractivity contribution in [2.45, 2.75) is 44.4 Å². The van der Waals surface area contributed by atoms with Crippen LogP contribution >= 0.6 is 0 Å². The van der Waals surface area contributed by atoms with E-state index in [2.05, 4.69) is 5.32 Å². The van der Waals surface area contributed by atoms with Crippen molar-refractivity contribution in [2.24, 2.45) is 11.7 Å². The van der Waals surface area contributed by atoms with E-state index in [9.17, 15) is 13.6 Å². The van der Waals surface area contributed by atoms with Crippen LogP contribution in [0.25, 0.3) is 0 Å². The number of carbonyl (C=O) groups excluding carboxylic acids is 1. The summed E-state index contributed by atoms with van der Waals surface area (Å²) in [6.07, 6.45) is 5.99. The van der Waals surface area contributed by atoms with Crippen LogP contribution in [0.4, 0.5) is 8.78 Å². The molecular formula is C11H20F2N2O. The lowest BCUT2D eigenvalue weighted by Gasteiger charge is -2.15. The predicted octanol–water partition coefficient (Wildman–Crippen LogP) is 1.67. The standard InChI is InChI=1S/C11H20F2N2O/c12-11(13,7-14)8-15-10(16)6-5-9-3-1-2-4-9/h9H,1-8,14H2,(H,15,16). The molecule has 0 unspecified atom stereocenters. The smallest absolute Gasteiger partial charge is 0.277 e. The van der Waals surface area contributed by atoms with Gasteiger partial charge in [-0.3, -0.25) is 4.79 Å². The van der Waals surface area contributed by atoms with Gasteiger partial charge in [-0.2, -0.15) is 0 Å². The van der Waals surface area contributed by atoms with Crippen molar-refractivity contribution in [2.75, 3.05) is 13.1 Å². The van der Waals surface area contributed by atoms with Crippen LogP contribution in [0.15, 0.2) is 0 Å². The van der Waals surface area contributed by atoms with Crippen molar-refractivity contribution in [1.82, 2.24) is 5.32 Å². The highest BCUT2D eigenvalue weighted by atomic mass is 19.3. The normalized spacial score (nSPS) is 17.7. The molecule has 3 N–H and O–H groups in total. The van der Waals surface area contributed by atoms with Crippen LogP contribution in [-0.2, 0) is 4.79 Å². The van der Waals surface area contributed by atoms with E-state index in [0.29, 0.717) is 12.3 Å². The van der Waals surface area contributed by atoms with E-state index < -0.39 is 19.0 Å². The van der Waals surface area contributed by atoms with Crippen LogP contribution in [0.5, 0.6) is 0 Å². The number of nitrogens with two attached hydrogens (primary N) is 1. The summed E-state index contributed by atoms with van der Waals surface area (Å²) in [5.74, 6) is -2.66. The molecule has 1 aliphatic rings. The van der Waals surface area contributed by atoms with Crippen molar-refractivity contribution in [3.05, 3.63) is 0 Å². The molecule has 1 amide bonds. The van der Waals surface area contributed by atoms with Gasteiger partial charge in [0.1, 0.15) is 0 Å². The third-order valence-corrected chi connectivity index (χ3v) is 3.10. The molecule has 0 aromatic rings. The molecule has 0 aromatic carbocycles. The Hall–Kier alpha value is -0.710. The van der Waals surface area contributed by atoms with Gasteiger partial charge in [-0.25, -0.2) is 8.78 Å². The molecule has 1 fully saturated rings. The van der Waals surface area contributed by atoms with Gasteiger partial charge in [-0.05, 0) is 12.3 Å². The van der Waals surface area contributed by atoms with E-state index in [1.54, 1.807) is 0 Å². The van der Waals surface area contributed by atoms with Gasteiger partial charge in [0.05, 0.1) is 13.1 Å². The van der Waals surface area contributed by atoms with E-state index in [1.165, 1.54) is 25.7 Å². The monoisotopic (exact) mass is 234 g/mol. The van der Waals surface area contributed by atoms with Gasteiger partial charge in [0.25, 0.3) is 5.92 Å². The maximum Gasteiger partial charge on any atom is 0.277 e. The fourth-order valence-electron chi connectivity index (χ4n) is 2.02. The first-order valence-corrected chi connectivity index (χ1v) is 5.88. The van der Waals surface area contributed by atoms with Gasteiger partial charge in [0, 0.05) is 6.42 Å². The summed E-state index contributed by atoms with van der Waals surface area (Å²) in [5.41, 5.74) is 4.86. The van der Waals surface area contributed by atoms with Gasteiger partial charge in [0.2, 0.25) is 5.91 Å². The Morgan fingerprint density at radius 2 is 2.00 bits per heavy atom. The molecule has 94 valence electrons. The predicted molar refractivity (Wildman–Crippen MR) is 58.2 cm³/mol. The van der Waals surface area contributed by atoms with Crippen LogP contribution < -0.4 is 11.1 Å². The molecule has 1 aliphatic carbocycles. The van der Waals surface area contributed by atoms with Crippen LogP contribution in [0.2, 0.25) is 0 Å². The Morgan fingerprint density at radius 3 is 2.56 bits per heavy atom. The third-order valence-electron chi connectivity index (χ3n) is 3.10. The lowest BCUT2D eigenvalue weighted by Crippen LogP contribution is -2.41. The lowest BCUT2D eigenvalue weighted by molar-refractivity contribution is -0.123. The van der Waals surface area contributed by atoms with E-state index >= 15 is 0 Å². The first-order chi connectivity index (χ1) is 7.53. The fourth-order valence-corrected chi connectivity index (χ4v) is 2.02. The number of rotatable bonds is 6. The molecule has 0 radical (unpaired) electrons. The summed E-state index contributed by atoms with van der Waals surface area (Å²) in [5, 5.41) is 2.23. The highest BCUT2D eigenvalue weighted by Gasteiger charge is 2.27. The van der Waals surface area contributed by atoms with Crippen molar-refractivity contribution in [3.63, 3.8) is 0 Å². The van der Waals surface area contributed by atoms with E-state index in [1.807, 2.05) is 0 Å². The Balaban J connectivity index is 2.10. The van der Waals surface area contributed by atoms with Crippen LogP contribution in [0.1, 0.15) is 38.5 Å². The number of hydrogen-bond acceptors (Lipinski definition) is 2. The number of carbonyl (C=O) groups is 1. The topological polar surface area (TPSA) is 55.1 Å². The maximum atomic E-state index is 12.7. The van der Waals surface area contributed by atoms with E-state index in [4.69, 9.17) is 5.73 Å². The molecule has 5 heteroatoms. The molecule has 0 spiro atoms. The minimum absolute atomic E-state index is 0.292. The van der Waals surface area contributed by atoms with Crippen molar-refractivity contribution in [3.8, 4) is 0 Å². The first-order valence-electron chi connectivity index (χ1n) is 5.88. The number of alkyl halides is 2. The largest absolute Gasteiger partial charge is 0.350 e. The zero-order valence-corrected chi connectivity index (χ0v) is 9.48. The highest BCUT2D eigenvalue weighted by Crippen LogP contribution is 2.28. The zero-order chi connectivity index (χ0) is 12.0. The Bertz CT molecular complexity index is 228. The second-order valence-electron chi connectivity index (χ2n) is 4.53. The molecule has 0 heterocycles. The number of halogens is 2. The second-order valence-corrected chi connectivity index (χ2v) is 4.53. The summed E-state index contributed by atoms with van der Waals surface area (Å²) < 4.78 is 25.4. The minimum Gasteiger partial charge on any atom is -0.350 e. The Morgan fingerprint density at radius 1 is 1.38 bits per heavy atom. The molecule has 0 aliphatic heterocycles. The molecule has 0 atom stereocenters. The number of nitrogens with one attached hydrogen (secondary N) is 1. The summed E-state index contributed by atoms with van der Waals surface area (Å²) in [6.45, 7) is -1.37. The summed E-state index contributed by atoms with van der Waals surface area (Å²) >= 11 is 0. The lowest BCUT2D eigenvalue weighted by atomic mass is 10.0. The van der Waals surface area contributed by atoms with Gasteiger partial charge >= 0.3 is 0 Å². The molecule has 0 saturated heterocycles. The molecule has 1 saturated carbocycles. The first kappa shape index (κ1) is 13.4. The van der Waals surface area contributed by atoms with Crippen molar-refractivity contribution < 1.29 is 13.6 Å². The highest BCUT2D eigenvalue weighted by molar-refractivity contribution is 5.75. The molecule has 0 aromatic heterocycles. The Kier molecular flexibility index (Phi) is 5.12. The quantitative estimate of drug-likeness (QED) is 0.734. The average molecular weight is 234 g/mol. The fraction of sp³-hybridized carbons (Fsp3) is 0.909. The third kappa shape index (κ3) is 4.88. The van der Waals surface area contributed by atoms with E-state index in [-0.39, 0.29) is 5.91 Å². The van der Waals surface area contributed by atoms with Crippen molar-refractivity contribution >= 4 is 5.91 Å².